The number of ether oxygens (including phenoxy) is 8. The number of thioether (sulfide) groups is 1. The third-order valence-electron chi connectivity index (χ3n) is 4.35. The van der Waals surface area contributed by atoms with E-state index < -0.39 is 67.2 Å². The van der Waals surface area contributed by atoms with Crippen molar-refractivity contribution in [2.24, 2.45) is 0 Å². The number of methoxy groups -OCH3 is 1. The molecule has 1 saturated heterocycles. The fraction of sp³-hybridized carbons (Fsp3) is 0.636. The van der Waals surface area contributed by atoms with Gasteiger partial charge in [0.1, 0.15) is 12.7 Å². The largest absolute Gasteiger partial charge is 0.479 e. The van der Waals surface area contributed by atoms with Crippen molar-refractivity contribution < 1.29 is 61.9 Å². The van der Waals surface area contributed by atoms with Crippen molar-refractivity contribution in [1.29, 1.82) is 0 Å². The lowest BCUT2D eigenvalue weighted by atomic mass is 9.98. The third-order valence-corrected chi connectivity index (χ3v) is 5.63. The molecule has 1 aliphatic rings. The van der Waals surface area contributed by atoms with Crippen LogP contribution in [0.5, 0.6) is 0 Å². The summed E-state index contributed by atoms with van der Waals surface area (Å²) in [4.78, 5) is 59.2. The molecular formula is C22H30O13S2. The Labute approximate surface area is 223 Å². The Kier molecular flexibility index (Phi) is 13.9. The van der Waals surface area contributed by atoms with Gasteiger partial charge in [0.25, 0.3) is 0 Å². The summed E-state index contributed by atoms with van der Waals surface area (Å²) in [5.41, 5.74) is 0.00223. The van der Waals surface area contributed by atoms with E-state index in [2.05, 4.69) is 0 Å². The molecule has 1 heterocycles. The third kappa shape index (κ3) is 11.3. The summed E-state index contributed by atoms with van der Waals surface area (Å²) in [7, 11) is 1.16. The molecule has 0 bridgehead atoms. The first-order valence-corrected chi connectivity index (χ1v) is 12.3. The topological polar surface area (TPSA) is 159 Å². The summed E-state index contributed by atoms with van der Waals surface area (Å²) in [5, 5.41) is 0. The zero-order valence-electron chi connectivity index (χ0n) is 21.2. The first kappa shape index (κ1) is 32.1. The molecule has 0 unspecified atom stereocenters. The highest BCUT2D eigenvalue weighted by Crippen LogP contribution is 2.30. The standard InChI is InChI=1S/C22H30O13S2/c1-7-29-22(36)37-10-15(20(27)28-6)8-31-21-19(34-14(5)26)18(33-13(4)25)17(32-12(3)24)16(35-21)9-30-11(2)23/h8,16-19,21H,7,9-10H2,1-6H3/b15-8+/t16-,17-,18+,19-,21-/m1/s1. The van der Waals surface area contributed by atoms with Crippen molar-refractivity contribution in [2.45, 2.75) is 65.3 Å². The van der Waals surface area contributed by atoms with E-state index in [9.17, 15) is 24.0 Å². The molecule has 0 saturated carbocycles. The van der Waals surface area contributed by atoms with Crippen LogP contribution in [0.4, 0.5) is 0 Å². The summed E-state index contributed by atoms with van der Waals surface area (Å²) in [6, 6.07) is 0. The Morgan fingerprint density at radius 2 is 1.43 bits per heavy atom. The maximum Gasteiger partial charge on any atom is 0.337 e. The molecule has 15 heteroatoms. The van der Waals surface area contributed by atoms with Crippen molar-refractivity contribution in [3.63, 3.8) is 0 Å². The Balaban J connectivity index is 3.39. The van der Waals surface area contributed by atoms with Crippen molar-refractivity contribution in [3.8, 4) is 0 Å². The molecule has 0 N–H and O–H groups in total. The van der Waals surface area contributed by atoms with Crippen LogP contribution in [-0.2, 0) is 61.9 Å². The van der Waals surface area contributed by atoms with E-state index in [-0.39, 0.29) is 15.7 Å². The first-order valence-electron chi connectivity index (χ1n) is 10.9. The highest BCUT2D eigenvalue weighted by molar-refractivity contribution is 8.22. The van der Waals surface area contributed by atoms with E-state index in [0.717, 1.165) is 52.8 Å². The maximum atomic E-state index is 12.3. The SMILES string of the molecule is CCOC(=S)SC/C(=C\O[C@@H]1O[C@H](COC(C)=O)[C@@H](OC(C)=O)[C@H](OC(C)=O)[C@H]1OC(C)=O)C(=O)OC. The molecule has 1 fully saturated rings. The van der Waals surface area contributed by atoms with Crippen LogP contribution in [0.3, 0.4) is 0 Å². The zero-order valence-corrected chi connectivity index (χ0v) is 22.8. The van der Waals surface area contributed by atoms with E-state index in [4.69, 9.17) is 50.1 Å². The number of hydrogen-bond acceptors (Lipinski definition) is 15. The molecule has 0 aromatic carbocycles. The van der Waals surface area contributed by atoms with Gasteiger partial charge in [-0.25, -0.2) is 4.79 Å². The van der Waals surface area contributed by atoms with Crippen LogP contribution in [-0.4, -0.2) is 91.0 Å². The highest BCUT2D eigenvalue weighted by Gasteiger charge is 2.53. The summed E-state index contributed by atoms with van der Waals surface area (Å²) in [5.74, 6) is -3.78. The Morgan fingerprint density at radius 3 is 1.95 bits per heavy atom. The van der Waals surface area contributed by atoms with Crippen LogP contribution >= 0.6 is 24.0 Å². The van der Waals surface area contributed by atoms with Crippen molar-refractivity contribution in [3.05, 3.63) is 11.8 Å². The molecule has 0 aromatic rings. The van der Waals surface area contributed by atoms with E-state index in [1.54, 1.807) is 6.92 Å². The van der Waals surface area contributed by atoms with E-state index >= 15 is 0 Å². The predicted octanol–water partition coefficient (Wildman–Crippen LogP) is 1.20. The highest BCUT2D eigenvalue weighted by atomic mass is 32.2. The summed E-state index contributed by atoms with van der Waals surface area (Å²) in [6.45, 7) is 6.10. The number of esters is 5. The molecule has 5 atom stereocenters. The smallest absolute Gasteiger partial charge is 0.337 e. The Hall–Kier alpha value is -2.91. The van der Waals surface area contributed by atoms with Crippen LogP contribution in [0.1, 0.15) is 34.6 Å². The molecule has 0 amide bonds. The van der Waals surface area contributed by atoms with Gasteiger partial charge in [0.15, 0.2) is 12.2 Å². The van der Waals surface area contributed by atoms with Crippen LogP contribution < -0.4 is 0 Å². The molecule has 208 valence electrons. The predicted molar refractivity (Wildman–Crippen MR) is 130 cm³/mol. The molecule has 13 nitrogen and oxygen atoms in total. The lowest BCUT2D eigenvalue weighted by molar-refractivity contribution is -0.297. The molecule has 0 aliphatic carbocycles. The molecule has 0 aromatic heterocycles. The molecule has 0 spiro atoms. The van der Waals surface area contributed by atoms with Gasteiger partial charge in [0.05, 0.1) is 25.6 Å². The average molecular weight is 567 g/mol. The average Bonchev–Trinajstić information content (AvgIpc) is 2.80. The second-order valence-corrected chi connectivity index (χ2v) is 8.89. The maximum absolute atomic E-state index is 12.3. The van der Waals surface area contributed by atoms with Crippen molar-refractivity contribution in [1.82, 2.24) is 0 Å². The number of rotatable bonds is 11. The van der Waals surface area contributed by atoms with Crippen LogP contribution in [0.15, 0.2) is 11.8 Å². The Bertz CT molecular complexity index is 888. The molecular weight excluding hydrogens is 536 g/mol. The van der Waals surface area contributed by atoms with E-state index in [0.29, 0.717) is 6.61 Å². The fourth-order valence-electron chi connectivity index (χ4n) is 3.02. The van der Waals surface area contributed by atoms with Gasteiger partial charge in [0, 0.05) is 33.4 Å². The summed E-state index contributed by atoms with van der Waals surface area (Å²) >= 11 is 6.07. The lowest BCUT2D eigenvalue weighted by Gasteiger charge is -2.43. The Morgan fingerprint density at radius 1 is 0.865 bits per heavy atom. The number of thiocarbonyl (C=S) groups is 1. The second kappa shape index (κ2) is 16.0. The zero-order chi connectivity index (χ0) is 28.1. The van der Waals surface area contributed by atoms with Gasteiger partial charge in [-0.1, -0.05) is 11.8 Å². The molecule has 37 heavy (non-hydrogen) atoms. The second-order valence-electron chi connectivity index (χ2n) is 7.31. The first-order chi connectivity index (χ1) is 17.4. The van der Waals surface area contributed by atoms with Crippen LogP contribution in [0, 0.1) is 0 Å². The van der Waals surface area contributed by atoms with E-state index in [1.165, 1.54) is 0 Å². The molecule has 1 aliphatic heterocycles. The van der Waals surface area contributed by atoms with Gasteiger partial charge in [-0.2, -0.15) is 0 Å². The number of hydrogen-bond donors (Lipinski definition) is 0. The minimum Gasteiger partial charge on any atom is -0.479 e. The summed E-state index contributed by atoms with van der Waals surface area (Å²) < 4.78 is 42.5. The van der Waals surface area contributed by atoms with E-state index in [1.807, 2.05) is 0 Å². The van der Waals surface area contributed by atoms with Gasteiger partial charge in [-0.3, -0.25) is 19.2 Å². The molecule has 0 radical (unpaired) electrons. The van der Waals surface area contributed by atoms with Gasteiger partial charge in [-0.05, 0) is 19.1 Å². The minimum absolute atomic E-state index is 0.00223. The molecule has 1 rings (SSSR count). The lowest BCUT2D eigenvalue weighted by Crippen LogP contribution is -2.62. The van der Waals surface area contributed by atoms with Gasteiger partial charge >= 0.3 is 29.8 Å². The van der Waals surface area contributed by atoms with Gasteiger partial charge < -0.3 is 37.9 Å². The number of carbonyl (C=O) groups is 5. The normalized spacial score (nSPS) is 23.2. The number of carbonyl (C=O) groups excluding carboxylic acids is 5. The fourth-order valence-corrected chi connectivity index (χ4v) is 3.97. The van der Waals surface area contributed by atoms with Gasteiger partial charge in [-0.15, -0.1) is 0 Å². The summed E-state index contributed by atoms with van der Waals surface area (Å²) in [6.07, 6.45) is -5.90. The monoisotopic (exact) mass is 566 g/mol. The quantitative estimate of drug-likeness (QED) is 0.115. The van der Waals surface area contributed by atoms with Gasteiger partial charge in [0.2, 0.25) is 16.8 Å². The van der Waals surface area contributed by atoms with Crippen LogP contribution in [0.2, 0.25) is 0 Å². The van der Waals surface area contributed by atoms with Crippen LogP contribution in [0.25, 0.3) is 0 Å². The minimum atomic E-state index is -1.50. The van der Waals surface area contributed by atoms with Crippen molar-refractivity contribution >= 4 is 58.2 Å². The van der Waals surface area contributed by atoms with Crippen molar-refractivity contribution in [2.75, 3.05) is 26.1 Å².